The standard InChI is InChI=1S/C25H22ClN3O2S/c1-3-13-29-24(30)23(15-18-6-4-5-17(2)14-18)32-25(29)28-27-16-21-11-12-22(31-21)19-7-9-20(26)10-8-19/h3-12,14,16,23H,1,13,15H2,2H3/b27-16-,28-25-/t23-/m0/s1. The summed E-state index contributed by atoms with van der Waals surface area (Å²) in [6.45, 7) is 6.20. The average molecular weight is 464 g/mol. The molecular weight excluding hydrogens is 442 g/mol. The quantitative estimate of drug-likeness (QED) is 0.246. The summed E-state index contributed by atoms with van der Waals surface area (Å²) in [7, 11) is 0. The van der Waals surface area contributed by atoms with E-state index in [-0.39, 0.29) is 11.2 Å². The van der Waals surface area contributed by atoms with Crippen molar-refractivity contribution in [2.75, 3.05) is 6.54 Å². The molecule has 1 fully saturated rings. The molecule has 1 aromatic heterocycles. The van der Waals surface area contributed by atoms with E-state index in [1.54, 1.807) is 11.0 Å². The van der Waals surface area contributed by atoms with Crippen LogP contribution in [0.25, 0.3) is 11.3 Å². The molecule has 1 saturated heterocycles. The Hall–Kier alpha value is -3.09. The first-order valence-corrected chi connectivity index (χ1v) is 11.4. The summed E-state index contributed by atoms with van der Waals surface area (Å²) < 4.78 is 5.82. The molecule has 0 saturated carbocycles. The van der Waals surface area contributed by atoms with Crippen LogP contribution in [0.5, 0.6) is 0 Å². The zero-order chi connectivity index (χ0) is 22.5. The van der Waals surface area contributed by atoms with Gasteiger partial charge in [0.25, 0.3) is 0 Å². The topological polar surface area (TPSA) is 58.2 Å². The number of carbonyl (C=O) groups is 1. The van der Waals surface area contributed by atoms with Crippen LogP contribution in [-0.2, 0) is 11.2 Å². The van der Waals surface area contributed by atoms with Gasteiger partial charge in [-0.05, 0) is 55.3 Å². The van der Waals surface area contributed by atoms with Crippen molar-refractivity contribution >= 4 is 40.7 Å². The lowest BCUT2D eigenvalue weighted by Gasteiger charge is -2.12. The lowest BCUT2D eigenvalue weighted by atomic mass is 10.1. The van der Waals surface area contributed by atoms with E-state index in [4.69, 9.17) is 16.0 Å². The summed E-state index contributed by atoms with van der Waals surface area (Å²) in [6.07, 6.45) is 3.87. The molecule has 0 unspecified atom stereocenters. The Morgan fingerprint density at radius 2 is 2.00 bits per heavy atom. The molecule has 0 radical (unpaired) electrons. The van der Waals surface area contributed by atoms with Crippen LogP contribution in [0.1, 0.15) is 16.9 Å². The van der Waals surface area contributed by atoms with E-state index in [9.17, 15) is 4.79 Å². The molecular formula is C25H22ClN3O2S. The number of carbonyl (C=O) groups excluding carboxylic acids is 1. The molecule has 32 heavy (non-hydrogen) atoms. The third-order valence-corrected chi connectivity index (χ3v) is 6.34. The molecule has 2 heterocycles. The Kier molecular flexibility index (Phi) is 6.93. The summed E-state index contributed by atoms with van der Waals surface area (Å²) >= 11 is 7.37. The molecule has 2 aromatic carbocycles. The van der Waals surface area contributed by atoms with Crippen LogP contribution in [0.4, 0.5) is 0 Å². The van der Waals surface area contributed by atoms with Crippen LogP contribution in [0.15, 0.2) is 87.9 Å². The lowest BCUT2D eigenvalue weighted by molar-refractivity contribution is -0.125. The molecule has 1 atom stereocenters. The van der Waals surface area contributed by atoms with Gasteiger partial charge in [-0.3, -0.25) is 9.69 Å². The van der Waals surface area contributed by atoms with Crippen molar-refractivity contribution in [3.8, 4) is 11.3 Å². The van der Waals surface area contributed by atoms with Gasteiger partial charge in [0.1, 0.15) is 11.5 Å². The summed E-state index contributed by atoms with van der Waals surface area (Å²) in [4.78, 5) is 14.5. The molecule has 1 aliphatic rings. The van der Waals surface area contributed by atoms with Crippen LogP contribution < -0.4 is 0 Å². The van der Waals surface area contributed by atoms with Crippen molar-refractivity contribution < 1.29 is 9.21 Å². The molecule has 0 spiro atoms. The zero-order valence-corrected chi connectivity index (χ0v) is 19.1. The van der Waals surface area contributed by atoms with E-state index in [1.165, 1.54) is 23.5 Å². The van der Waals surface area contributed by atoms with Crippen LogP contribution in [0, 0.1) is 6.92 Å². The van der Waals surface area contributed by atoms with Gasteiger partial charge in [0.05, 0.1) is 11.5 Å². The molecule has 162 valence electrons. The maximum atomic E-state index is 12.9. The Morgan fingerprint density at radius 3 is 2.75 bits per heavy atom. The molecule has 5 nitrogen and oxygen atoms in total. The van der Waals surface area contributed by atoms with Crippen LogP contribution in [-0.4, -0.2) is 34.0 Å². The number of furan rings is 1. The van der Waals surface area contributed by atoms with E-state index in [1.807, 2.05) is 61.5 Å². The SMILES string of the molecule is C=CCN1C(=O)[C@H](Cc2cccc(C)c2)S/C1=N\N=C/c1ccc(-c2ccc(Cl)cc2)o1. The van der Waals surface area contributed by atoms with Crippen molar-refractivity contribution in [3.05, 3.63) is 95.2 Å². The van der Waals surface area contributed by atoms with E-state index in [0.29, 0.717) is 34.7 Å². The predicted octanol–water partition coefficient (Wildman–Crippen LogP) is 5.97. The Morgan fingerprint density at radius 1 is 1.19 bits per heavy atom. The van der Waals surface area contributed by atoms with Gasteiger partial charge in [-0.25, -0.2) is 0 Å². The van der Waals surface area contributed by atoms with Gasteiger partial charge in [-0.15, -0.1) is 11.7 Å². The fraction of sp³-hybridized carbons (Fsp3) is 0.160. The van der Waals surface area contributed by atoms with Gasteiger partial charge in [0.2, 0.25) is 5.91 Å². The highest BCUT2D eigenvalue weighted by Crippen LogP contribution is 2.30. The highest BCUT2D eigenvalue weighted by atomic mass is 35.5. The third-order valence-electron chi connectivity index (χ3n) is 4.92. The maximum Gasteiger partial charge on any atom is 0.242 e. The first-order valence-electron chi connectivity index (χ1n) is 10.1. The molecule has 3 aromatic rings. The number of halogens is 1. The second kappa shape index (κ2) is 10.0. The maximum absolute atomic E-state index is 12.9. The number of aryl methyl sites for hydroxylation is 1. The van der Waals surface area contributed by atoms with Gasteiger partial charge in [0.15, 0.2) is 5.17 Å². The first-order chi connectivity index (χ1) is 15.5. The number of hydrogen-bond acceptors (Lipinski definition) is 5. The van der Waals surface area contributed by atoms with Crippen molar-refractivity contribution in [1.29, 1.82) is 0 Å². The first kappa shape index (κ1) is 22.1. The predicted molar refractivity (Wildman–Crippen MR) is 132 cm³/mol. The zero-order valence-electron chi connectivity index (χ0n) is 17.6. The molecule has 0 bridgehead atoms. The molecule has 7 heteroatoms. The smallest absolute Gasteiger partial charge is 0.242 e. The summed E-state index contributed by atoms with van der Waals surface area (Å²) in [5, 5.41) is 9.47. The second-order valence-corrected chi connectivity index (χ2v) is 8.98. The normalized spacial score (nSPS) is 17.6. The fourth-order valence-electron chi connectivity index (χ4n) is 3.39. The Labute approximate surface area is 196 Å². The van der Waals surface area contributed by atoms with Crippen molar-refractivity contribution in [2.24, 2.45) is 10.2 Å². The summed E-state index contributed by atoms with van der Waals surface area (Å²) in [5.41, 5.74) is 3.23. The van der Waals surface area contributed by atoms with Crippen LogP contribution in [0.3, 0.4) is 0 Å². The van der Waals surface area contributed by atoms with E-state index < -0.39 is 0 Å². The largest absolute Gasteiger partial charge is 0.455 e. The van der Waals surface area contributed by atoms with Gasteiger partial charge >= 0.3 is 0 Å². The van der Waals surface area contributed by atoms with Gasteiger partial charge in [-0.2, -0.15) is 5.10 Å². The van der Waals surface area contributed by atoms with E-state index in [2.05, 4.69) is 22.8 Å². The summed E-state index contributed by atoms with van der Waals surface area (Å²) in [5.74, 6) is 1.31. The summed E-state index contributed by atoms with van der Waals surface area (Å²) in [6, 6.07) is 19.3. The molecule has 1 amide bonds. The second-order valence-electron chi connectivity index (χ2n) is 7.37. The molecule has 0 N–H and O–H groups in total. The minimum Gasteiger partial charge on any atom is -0.455 e. The molecule has 4 rings (SSSR count). The Bertz CT molecular complexity index is 1180. The van der Waals surface area contributed by atoms with Crippen molar-refractivity contribution in [3.63, 3.8) is 0 Å². The van der Waals surface area contributed by atoms with Crippen LogP contribution in [0.2, 0.25) is 5.02 Å². The Balaban J connectivity index is 1.48. The minimum absolute atomic E-state index is 0.0216. The molecule has 1 aliphatic heterocycles. The van der Waals surface area contributed by atoms with E-state index in [0.717, 1.165) is 11.1 Å². The molecule has 0 aliphatic carbocycles. The fourth-order valence-corrected chi connectivity index (χ4v) is 4.66. The number of hydrogen-bond donors (Lipinski definition) is 0. The van der Waals surface area contributed by atoms with E-state index >= 15 is 0 Å². The number of amides is 1. The highest BCUT2D eigenvalue weighted by Gasteiger charge is 2.37. The lowest BCUT2D eigenvalue weighted by Crippen LogP contribution is -2.32. The minimum atomic E-state index is -0.231. The number of amidine groups is 1. The number of nitrogens with zero attached hydrogens (tertiary/aromatic N) is 3. The van der Waals surface area contributed by atoms with Crippen LogP contribution >= 0.6 is 23.4 Å². The van der Waals surface area contributed by atoms with Gasteiger partial charge < -0.3 is 4.42 Å². The average Bonchev–Trinajstić information content (AvgIpc) is 3.35. The highest BCUT2D eigenvalue weighted by molar-refractivity contribution is 8.15. The number of rotatable bonds is 7. The van der Waals surface area contributed by atoms with Crippen molar-refractivity contribution in [2.45, 2.75) is 18.6 Å². The number of thioether (sulfide) groups is 1. The third kappa shape index (κ3) is 5.21. The number of benzene rings is 2. The van der Waals surface area contributed by atoms with Gasteiger partial charge in [-0.1, -0.05) is 59.3 Å². The monoisotopic (exact) mass is 463 g/mol. The van der Waals surface area contributed by atoms with Gasteiger partial charge in [0, 0.05) is 17.1 Å². The van der Waals surface area contributed by atoms with Crippen molar-refractivity contribution in [1.82, 2.24) is 4.90 Å².